The molecule has 2 rings (SSSR count). The molecule has 1 aromatic heterocycles. The summed E-state index contributed by atoms with van der Waals surface area (Å²) >= 11 is 1.66. The summed E-state index contributed by atoms with van der Waals surface area (Å²) in [6.07, 6.45) is 1.51. The predicted octanol–water partition coefficient (Wildman–Crippen LogP) is 3.66. The normalized spacial score (nSPS) is 12.6. The van der Waals surface area contributed by atoms with Crippen molar-refractivity contribution in [3.8, 4) is 0 Å². The minimum absolute atomic E-state index is 0.331. The first-order chi connectivity index (χ1) is 8.15. The third-order valence-electron chi connectivity index (χ3n) is 2.59. The van der Waals surface area contributed by atoms with Crippen LogP contribution < -0.4 is 5.73 Å². The maximum Gasteiger partial charge on any atom is 0.126 e. The van der Waals surface area contributed by atoms with Gasteiger partial charge in [0, 0.05) is 17.0 Å². The molecule has 0 spiro atoms. The lowest BCUT2D eigenvalue weighted by molar-refractivity contribution is 0.568. The van der Waals surface area contributed by atoms with E-state index in [1.54, 1.807) is 11.3 Å². The summed E-state index contributed by atoms with van der Waals surface area (Å²) in [6, 6.07) is 7.12. The van der Waals surface area contributed by atoms with E-state index in [1.165, 1.54) is 17.0 Å². The molecule has 90 valence electrons. The van der Waals surface area contributed by atoms with Gasteiger partial charge in [-0.25, -0.2) is 8.78 Å². The van der Waals surface area contributed by atoms with Gasteiger partial charge in [-0.1, -0.05) is 6.07 Å². The van der Waals surface area contributed by atoms with Crippen molar-refractivity contribution in [1.29, 1.82) is 0 Å². The highest BCUT2D eigenvalue weighted by Gasteiger charge is 2.09. The Morgan fingerprint density at radius 2 is 1.88 bits per heavy atom. The summed E-state index contributed by atoms with van der Waals surface area (Å²) in [5.74, 6) is -1.15. The molecular formula is C13H13F2NS. The van der Waals surface area contributed by atoms with Crippen LogP contribution in [0.4, 0.5) is 8.78 Å². The van der Waals surface area contributed by atoms with Crippen LogP contribution in [-0.4, -0.2) is 0 Å². The molecule has 1 unspecified atom stereocenters. The minimum atomic E-state index is -0.577. The molecule has 1 nitrogen and oxygen atoms in total. The van der Waals surface area contributed by atoms with E-state index < -0.39 is 11.6 Å². The van der Waals surface area contributed by atoms with Gasteiger partial charge in [0.25, 0.3) is 0 Å². The van der Waals surface area contributed by atoms with Crippen LogP contribution in [-0.2, 0) is 6.42 Å². The second-order valence-electron chi connectivity index (χ2n) is 3.93. The number of benzene rings is 1. The Balaban J connectivity index is 2.01. The zero-order valence-electron chi connectivity index (χ0n) is 9.20. The van der Waals surface area contributed by atoms with Crippen molar-refractivity contribution >= 4 is 11.3 Å². The molecule has 2 aromatic rings. The second kappa shape index (κ2) is 5.38. The Morgan fingerprint density at radius 3 is 2.47 bits per heavy atom. The largest absolute Gasteiger partial charge is 0.324 e. The van der Waals surface area contributed by atoms with Crippen LogP contribution in [0.2, 0.25) is 0 Å². The quantitative estimate of drug-likeness (QED) is 0.884. The summed E-state index contributed by atoms with van der Waals surface area (Å²) in [6.45, 7) is 0. The highest BCUT2D eigenvalue weighted by atomic mass is 32.1. The smallest absolute Gasteiger partial charge is 0.126 e. The van der Waals surface area contributed by atoms with E-state index >= 15 is 0 Å². The molecule has 0 fully saturated rings. The Morgan fingerprint density at radius 1 is 1.18 bits per heavy atom. The minimum Gasteiger partial charge on any atom is -0.324 e. The molecule has 0 bridgehead atoms. The molecule has 1 atom stereocenters. The maximum atomic E-state index is 13.0. The molecule has 17 heavy (non-hydrogen) atoms. The van der Waals surface area contributed by atoms with Crippen LogP contribution in [0.15, 0.2) is 35.7 Å². The van der Waals surface area contributed by atoms with Crippen molar-refractivity contribution in [3.05, 3.63) is 57.8 Å². The second-order valence-corrected chi connectivity index (χ2v) is 4.96. The van der Waals surface area contributed by atoms with Crippen molar-refractivity contribution < 1.29 is 8.78 Å². The zero-order chi connectivity index (χ0) is 12.3. The van der Waals surface area contributed by atoms with E-state index in [-0.39, 0.29) is 6.04 Å². The number of aryl methyl sites for hydroxylation is 1. The molecule has 1 aromatic carbocycles. The third kappa shape index (κ3) is 3.35. The van der Waals surface area contributed by atoms with Gasteiger partial charge in [0.1, 0.15) is 11.6 Å². The van der Waals surface area contributed by atoms with Gasteiger partial charge >= 0.3 is 0 Å². The average molecular weight is 253 g/mol. The lowest BCUT2D eigenvalue weighted by Gasteiger charge is -2.11. The van der Waals surface area contributed by atoms with E-state index in [2.05, 4.69) is 0 Å². The SMILES string of the molecule is NC(CCc1cccs1)c1cc(F)cc(F)c1. The third-order valence-corrected chi connectivity index (χ3v) is 3.53. The molecule has 2 N–H and O–H groups in total. The summed E-state index contributed by atoms with van der Waals surface area (Å²) < 4.78 is 26.0. The fourth-order valence-electron chi connectivity index (χ4n) is 1.71. The van der Waals surface area contributed by atoms with Crippen LogP contribution in [0, 0.1) is 11.6 Å². The summed E-state index contributed by atoms with van der Waals surface area (Å²) in [5.41, 5.74) is 6.43. The molecule has 0 saturated carbocycles. The maximum absolute atomic E-state index is 13.0. The van der Waals surface area contributed by atoms with Gasteiger partial charge in [-0.2, -0.15) is 0 Å². The number of halogens is 2. The van der Waals surface area contributed by atoms with Gasteiger partial charge in [0.2, 0.25) is 0 Å². The van der Waals surface area contributed by atoms with Crippen LogP contribution in [0.25, 0.3) is 0 Å². The Bertz CT molecular complexity index is 462. The average Bonchev–Trinajstić information content (AvgIpc) is 2.77. The highest BCUT2D eigenvalue weighted by molar-refractivity contribution is 7.09. The molecule has 0 aliphatic rings. The van der Waals surface area contributed by atoms with Crippen molar-refractivity contribution in [2.75, 3.05) is 0 Å². The molecule has 4 heteroatoms. The van der Waals surface area contributed by atoms with E-state index in [9.17, 15) is 8.78 Å². The lowest BCUT2D eigenvalue weighted by atomic mass is 10.0. The van der Waals surface area contributed by atoms with Crippen molar-refractivity contribution in [3.63, 3.8) is 0 Å². The van der Waals surface area contributed by atoms with Gasteiger partial charge in [-0.05, 0) is 42.0 Å². The molecule has 0 amide bonds. The first-order valence-electron chi connectivity index (χ1n) is 5.39. The van der Waals surface area contributed by atoms with Gasteiger partial charge in [-0.3, -0.25) is 0 Å². The van der Waals surface area contributed by atoms with Crippen molar-refractivity contribution in [2.24, 2.45) is 5.73 Å². The van der Waals surface area contributed by atoms with Crippen LogP contribution in [0.5, 0.6) is 0 Å². The number of thiophene rings is 1. The van der Waals surface area contributed by atoms with Crippen molar-refractivity contribution in [2.45, 2.75) is 18.9 Å². The Hall–Kier alpha value is -1.26. The Kier molecular flexibility index (Phi) is 3.86. The summed E-state index contributed by atoms with van der Waals surface area (Å²) in [4.78, 5) is 1.23. The summed E-state index contributed by atoms with van der Waals surface area (Å²) in [7, 11) is 0. The monoisotopic (exact) mass is 253 g/mol. The number of nitrogens with two attached hydrogens (primary N) is 1. The van der Waals surface area contributed by atoms with E-state index in [0.29, 0.717) is 12.0 Å². The first kappa shape index (κ1) is 12.2. The fraction of sp³-hybridized carbons (Fsp3) is 0.231. The molecular weight excluding hydrogens is 240 g/mol. The molecule has 0 radical (unpaired) electrons. The summed E-state index contributed by atoms with van der Waals surface area (Å²) in [5, 5.41) is 2.00. The van der Waals surface area contributed by atoms with Gasteiger partial charge in [0.05, 0.1) is 0 Å². The molecule has 1 heterocycles. The Labute approximate surface area is 103 Å². The van der Waals surface area contributed by atoms with E-state index in [4.69, 9.17) is 5.73 Å². The predicted molar refractivity (Wildman–Crippen MR) is 65.9 cm³/mol. The van der Waals surface area contributed by atoms with E-state index in [1.807, 2.05) is 17.5 Å². The number of rotatable bonds is 4. The van der Waals surface area contributed by atoms with Crippen LogP contribution >= 0.6 is 11.3 Å². The molecule has 0 aliphatic carbocycles. The van der Waals surface area contributed by atoms with Gasteiger partial charge in [-0.15, -0.1) is 11.3 Å². The standard InChI is InChI=1S/C13H13F2NS/c14-10-6-9(7-11(15)8-10)13(16)4-3-12-2-1-5-17-12/h1-2,5-8,13H,3-4,16H2. The molecule has 0 aliphatic heterocycles. The number of hydrogen-bond donors (Lipinski definition) is 1. The molecule has 0 saturated heterocycles. The van der Waals surface area contributed by atoms with Crippen LogP contribution in [0.3, 0.4) is 0 Å². The van der Waals surface area contributed by atoms with Crippen molar-refractivity contribution in [1.82, 2.24) is 0 Å². The van der Waals surface area contributed by atoms with Crippen LogP contribution in [0.1, 0.15) is 22.9 Å². The fourth-order valence-corrected chi connectivity index (χ4v) is 2.43. The van der Waals surface area contributed by atoms with E-state index in [0.717, 1.165) is 12.5 Å². The first-order valence-corrected chi connectivity index (χ1v) is 6.27. The lowest BCUT2D eigenvalue weighted by Crippen LogP contribution is -2.11. The van der Waals surface area contributed by atoms with Gasteiger partial charge in [0.15, 0.2) is 0 Å². The zero-order valence-corrected chi connectivity index (χ0v) is 10.0. The topological polar surface area (TPSA) is 26.0 Å². The van der Waals surface area contributed by atoms with Gasteiger partial charge < -0.3 is 5.73 Å². The number of hydrogen-bond acceptors (Lipinski definition) is 2. The highest BCUT2D eigenvalue weighted by Crippen LogP contribution is 2.20.